The van der Waals surface area contributed by atoms with E-state index in [1.807, 2.05) is 0 Å². The van der Waals surface area contributed by atoms with Crippen LogP contribution in [0.15, 0.2) is 18.2 Å². The summed E-state index contributed by atoms with van der Waals surface area (Å²) in [6, 6.07) is 4.00. The second-order valence-corrected chi connectivity index (χ2v) is 4.71. The molecule has 6 heteroatoms. The molecule has 0 spiro atoms. The first-order chi connectivity index (χ1) is 10.0. The third kappa shape index (κ3) is 6.55. The molecule has 3 N–H and O–H groups in total. The maximum absolute atomic E-state index is 13.5. The van der Waals surface area contributed by atoms with E-state index < -0.39 is 17.8 Å². The van der Waals surface area contributed by atoms with Gasteiger partial charge in [-0.1, -0.05) is 13.3 Å². The molecule has 0 radical (unpaired) electrons. The summed E-state index contributed by atoms with van der Waals surface area (Å²) < 4.78 is 24.1. The van der Waals surface area contributed by atoms with Crippen LogP contribution < -0.4 is 11.1 Å². The Bertz CT molecular complexity index is 455. The predicted molar refractivity (Wildman–Crippen MR) is 80.6 cm³/mol. The summed E-state index contributed by atoms with van der Waals surface area (Å²) >= 11 is 0. The van der Waals surface area contributed by atoms with Crippen molar-refractivity contribution in [2.24, 2.45) is 0 Å². The lowest BCUT2D eigenvalue weighted by atomic mass is 10.2. The van der Waals surface area contributed by atoms with Crippen molar-refractivity contribution in [3.05, 3.63) is 24.0 Å². The molecular formula is C15H23FN2O3. The van der Waals surface area contributed by atoms with Crippen molar-refractivity contribution in [3.8, 4) is 0 Å². The van der Waals surface area contributed by atoms with Gasteiger partial charge >= 0.3 is 0 Å². The Labute approximate surface area is 124 Å². The number of nitrogens with one attached hydrogen (secondary N) is 1. The van der Waals surface area contributed by atoms with Crippen LogP contribution in [0.2, 0.25) is 0 Å². The van der Waals surface area contributed by atoms with Gasteiger partial charge in [-0.05, 0) is 31.5 Å². The summed E-state index contributed by atoms with van der Waals surface area (Å²) in [5.74, 6) is -0.958. The molecule has 0 aliphatic heterocycles. The van der Waals surface area contributed by atoms with Gasteiger partial charge in [0, 0.05) is 12.3 Å². The van der Waals surface area contributed by atoms with Gasteiger partial charge in [-0.3, -0.25) is 4.79 Å². The van der Waals surface area contributed by atoms with E-state index in [2.05, 4.69) is 12.2 Å². The molecule has 1 aromatic rings. The number of carbonyl (C=O) groups excluding carboxylic acids is 1. The van der Waals surface area contributed by atoms with Crippen LogP contribution in [-0.2, 0) is 14.3 Å². The maximum atomic E-state index is 13.5. The summed E-state index contributed by atoms with van der Waals surface area (Å²) in [6.45, 7) is 5.13. The van der Waals surface area contributed by atoms with Crippen LogP contribution in [0.25, 0.3) is 0 Å². The van der Waals surface area contributed by atoms with E-state index in [1.54, 1.807) is 6.92 Å². The Morgan fingerprint density at radius 2 is 2.14 bits per heavy atom. The lowest BCUT2D eigenvalue weighted by molar-refractivity contribution is -0.127. The third-order valence-electron chi connectivity index (χ3n) is 2.86. The normalized spacial score (nSPS) is 12.1. The lowest BCUT2D eigenvalue weighted by Crippen LogP contribution is -2.29. The molecule has 5 nitrogen and oxygen atoms in total. The Morgan fingerprint density at radius 3 is 2.86 bits per heavy atom. The molecule has 1 unspecified atom stereocenters. The van der Waals surface area contributed by atoms with Gasteiger partial charge in [0.2, 0.25) is 0 Å². The molecule has 21 heavy (non-hydrogen) atoms. The van der Waals surface area contributed by atoms with Crippen LogP contribution in [0.3, 0.4) is 0 Å². The maximum Gasteiger partial charge on any atom is 0.253 e. The minimum atomic E-state index is -0.694. The summed E-state index contributed by atoms with van der Waals surface area (Å²) in [5, 5.41) is 2.45. The second-order valence-electron chi connectivity index (χ2n) is 4.71. The topological polar surface area (TPSA) is 73.6 Å². The quantitative estimate of drug-likeness (QED) is 0.543. The van der Waals surface area contributed by atoms with E-state index in [1.165, 1.54) is 18.2 Å². The van der Waals surface area contributed by atoms with Crippen molar-refractivity contribution in [2.45, 2.75) is 32.8 Å². The van der Waals surface area contributed by atoms with Crippen molar-refractivity contribution >= 4 is 17.3 Å². The molecule has 1 atom stereocenters. The van der Waals surface area contributed by atoms with Gasteiger partial charge in [-0.2, -0.15) is 0 Å². The highest BCUT2D eigenvalue weighted by Gasteiger charge is 2.15. The lowest BCUT2D eigenvalue weighted by Gasteiger charge is -2.14. The average Bonchev–Trinajstić information content (AvgIpc) is 2.46. The molecule has 1 aromatic carbocycles. The fourth-order valence-corrected chi connectivity index (χ4v) is 1.58. The number of benzene rings is 1. The van der Waals surface area contributed by atoms with E-state index >= 15 is 0 Å². The molecule has 0 heterocycles. The highest BCUT2D eigenvalue weighted by molar-refractivity contribution is 5.94. The smallest absolute Gasteiger partial charge is 0.253 e. The summed E-state index contributed by atoms with van der Waals surface area (Å²) in [7, 11) is 0. The molecule has 0 fully saturated rings. The number of hydrogen-bond donors (Lipinski definition) is 2. The molecule has 0 aromatic heterocycles. The van der Waals surface area contributed by atoms with Crippen LogP contribution >= 0.6 is 0 Å². The summed E-state index contributed by atoms with van der Waals surface area (Å²) in [6.07, 6.45) is 1.39. The van der Waals surface area contributed by atoms with Gasteiger partial charge < -0.3 is 20.5 Å². The van der Waals surface area contributed by atoms with Crippen LogP contribution in [0, 0.1) is 5.82 Å². The first-order valence-corrected chi connectivity index (χ1v) is 7.09. The van der Waals surface area contributed by atoms with Crippen molar-refractivity contribution in [3.63, 3.8) is 0 Å². The van der Waals surface area contributed by atoms with E-state index in [9.17, 15) is 9.18 Å². The standard InChI is InChI=1S/C15H23FN2O3/c1-3-4-7-20-8-9-21-11(2)15(19)18-14-10-12(17)5-6-13(14)16/h5-6,10-11H,3-4,7-9,17H2,1-2H3,(H,18,19). The molecule has 0 bridgehead atoms. The number of carbonyl (C=O) groups is 1. The second kappa shape index (κ2) is 9.31. The van der Waals surface area contributed by atoms with Gasteiger partial charge in [-0.15, -0.1) is 0 Å². The van der Waals surface area contributed by atoms with Gasteiger partial charge in [0.25, 0.3) is 5.91 Å². The number of anilines is 2. The highest BCUT2D eigenvalue weighted by atomic mass is 19.1. The number of nitrogen functional groups attached to an aromatic ring is 1. The molecule has 118 valence electrons. The zero-order valence-electron chi connectivity index (χ0n) is 12.5. The highest BCUT2D eigenvalue weighted by Crippen LogP contribution is 2.17. The molecule has 0 saturated heterocycles. The zero-order valence-corrected chi connectivity index (χ0v) is 12.5. The fraction of sp³-hybridized carbons (Fsp3) is 0.533. The van der Waals surface area contributed by atoms with E-state index in [0.717, 1.165) is 12.8 Å². The van der Waals surface area contributed by atoms with Crippen LogP contribution in [0.5, 0.6) is 0 Å². The largest absolute Gasteiger partial charge is 0.399 e. The minimum absolute atomic E-state index is 0.0506. The summed E-state index contributed by atoms with van der Waals surface area (Å²) in [5.41, 5.74) is 5.98. The summed E-state index contributed by atoms with van der Waals surface area (Å²) in [4.78, 5) is 11.9. The Hall–Kier alpha value is -1.66. The van der Waals surface area contributed by atoms with Crippen molar-refractivity contribution in [1.82, 2.24) is 0 Å². The number of rotatable bonds is 9. The fourth-order valence-electron chi connectivity index (χ4n) is 1.58. The third-order valence-corrected chi connectivity index (χ3v) is 2.86. The van der Waals surface area contributed by atoms with Crippen molar-refractivity contribution in [1.29, 1.82) is 0 Å². The van der Waals surface area contributed by atoms with Crippen LogP contribution in [-0.4, -0.2) is 31.8 Å². The average molecular weight is 298 g/mol. The molecule has 1 amide bonds. The first-order valence-electron chi connectivity index (χ1n) is 7.09. The van der Waals surface area contributed by atoms with Gasteiger partial charge in [0.1, 0.15) is 11.9 Å². The number of halogens is 1. The Morgan fingerprint density at radius 1 is 1.38 bits per heavy atom. The molecular weight excluding hydrogens is 275 g/mol. The molecule has 0 aliphatic rings. The van der Waals surface area contributed by atoms with Crippen molar-refractivity contribution in [2.75, 3.05) is 30.9 Å². The predicted octanol–water partition coefficient (Wildman–Crippen LogP) is 2.57. The number of nitrogens with two attached hydrogens (primary N) is 1. The SMILES string of the molecule is CCCCOCCOC(C)C(=O)Nc1cc(N)ccc1F. The molecule has 1 rings (SSSR count). The van der Waals surface area contributed by atoms with E-state index in [0.29, 0.717) is 25.5 Å². The van der Waals surface area contributed by atoms with Crippen LogP contribution in [0.4, 0.5) is 15.8 Å². The number of hydrogen-bond acceptors (Lipinski definition) is 4. The number of unbranched alkanes of at least 4 members (excludes halogenated alkanes) is 1. The first kappa shape index (κ1) is 17.4. The van der Waals surface area contributed by atoms with E-state index in [-0.39, 0.29) is 5.69 Å². The van der Waals surface area contributed by atoms with Crippen LogP contribution in [0.1, 0.15) is 26.7 Å². The zero-order chi connectivity index (χ0) is 15.7. The van der Waals surface area contributed by atoms with Gasteiger partial charge in [0.05, 0.1) is 18.9 Å². The minimum Gasteiger partial charge on any atom is -0.399 e. The molecule has 0 saturated carbocycles. The Balaban J connectivity index is 2.32. The van der Waals surface area contributed by atoms with Crippen molar-refractivity contribution < 1.29 is 18.7 Å². The Kier molecular flexibility index (Phi) is 7.71. The van der Waals surface area contributed by atoms with E-state index in [4.69, 9.17) is 15.2 Å². The number of ether oxygens (including phenoxy) is 2. The van der Waals surface area contributed by atoms with Gasteiger partial charge in [-0.25, -0.2) is 4.39 Å². The number of amides is 1. The molecule has 0 aliphatic carbocycles. The monoisotopic (exact) mass is 298 g/mol. The van der Waals surface area contributed by atoms with Gasteiger partial charge in [0.15, 0.2) is 0 Å².